The van der Waals surface area contributed by atoms with E-state index in [0.717, 1.165) is 69.6 Å². The average molecular weight is 821 g/mol. The molecule has 0 rings (SSSR count). The molecule has 0 aliphatic rings. The Kier molecular flexibility index (Phi) is 43.7. The number of rotatable bonds is 46. The van der Waals surface area contributed by atoms with E-state index in [9.17, 15) is 14.4 Å². The fraction of sp³-hybridized carbons (Fsp3) is 0.942. The first-order valence-corrected chi connectivity index (χ1v) is 25.8. The van der Waals surface area contributed by atoms with Crippen molar-refractivity contribution in [2.45, 2.75) is 291 Å². The maximum Gasteiger partial charge on any atom is 0.306 e. The van der Waals surface area contributed by atoms with Gasteiger partial charge in [-0.25, -0.2) is 0 Å². The normalized spacial score (nSPS) is 12.5. The molecule has 6 nitrogen and oxygen atoms in total. The van der Waals surface area contributed by atoms with E-state index in [-0.39, 0.29) is 31.1 Å². The third kappa shape index (κ3) is 44.0. The van der Waals surface area contributed by atoms with Crippen LogP contribution in [0.25, 0.3) is 0 Å². The zero-order valence-corrected chi connectivity index (χ0v) is 39.7. The molecular weight excluding hydrogens is 721 g/mol. The molecule has 344 valence electrons. The number of hydrogen-bond donors (Lipinski definition) is 0. The van der Waals surface area contributed by atoms with Gasteiger partial charge in [-0.3, -0.25) is 14.4 Å². The topological polar surface area (TPSA) is 78.9 Å². The zero-order valence-electron chi connectivity index (χ0n) is 39.7. The Morgan fingerprint density at radius 3 is 0.983 bits per heavy atom. The van der Waals surface area contributed by atoms with Gasteiger partial charge in [0, 0.05) is 19.3 Å². The summed E-state index contributed by atoms with van der Waals surface area (Å²) in [5.41, 5.74) is 0. The predicted molar refractivity (Wildman–Crippen MR) is 247 cm³/mol. The van der Waals surface area contributed by atoms with Crippen molar-refractivity contribution in [2.24, 2.45) is 11.8 Å². The molecule has 0 N–H and O–H groups in total. The summed E-state index contributed by atoms with van der Waals surface area (Å²) in [5.74, 6) is 0.873. The van der Waals surface area contributed by atoms with Gasteiger partial charge in [0.15, 0.2) is 6.10 Å². The van der Waals surface area contributed by atoms with E-state index in [1.165, 1.54) is 173 Å². The Labute approximate surface area is 361 Å². The Balaban J connectivity index is 4.20. The number of ether oxygens (including phenoxy) is 3. The van der Waals surface area contributed by atoms with Crippen LogP contribution in [0.3, 0.4) is 0 Å². The highest BCUT2D eigenvalue weighted by Gasteiger charge is 2.19. The summed E-state index contributed by atoms with van der Waals surface area (Å²) in [6.45, 7) is 11.4. The van der Waals surface area contributed by atoms with Crippen LogP contribution in [0.5, 0.6) is 0 Å². The van der Waals surface area contributed by atoms with Crippen LogP contribution in [0, 0.1) is 11.8 Å². The first kappa shape index (κ1) is 56.4. The van der Waals surface area contributed by atoms with E-state index in [1.807, 2.05) is 0 Å². The Bertz CT molecular complexity index is 887. The molecule has 0 heterocycles. The monoisotopic (exact) mass is 821 g/mol. The molecule has 0 bridgehead atoms. The Morgan fingerprint density at radius 2 is 0.655 bits per heavy atom. The van der Waals surface area contributed by atoms with Gasteiger partial charge in [-0.1, -0.05) is 247 Å². The minimum absolute atomic E-state index is 0.0640. The molecule has 0 amide bonds. The van der Waals surface area contributed by atoms with Crippen LogP contribution in [-0.4, -0.2) is 37.2 Å². The quantitative estimate of drug-likeness (QED) is 0.0346. The van der Waals surface area contributed by atoms with Gasteiger partial charge in [-0.15, -0.1) is 0 Å². The van der Waals surface area contributed by atoms with Gasteiger partial charge in [0.05, 0.1) is 0 Å². The summed E-state index contributed by atoms with van der Waals surface area (Å²) < 4.78 is 16.7. The third-order valence-corrected chi connectivity index (χ3v) is 12.1. The van der Waals surface area contributed by atoms with Gasteiger partial charge < -0.3 is 14.2 Å². The SMILES string of the molecule is CCCCCCCCCC(=O)OC[C@H](COC(=O)CCCCCCCCCCCCCCCCC(C)CC)OC(=O)CCCCCCCCCCCCCCC(C)C. The van der Waals surface area contributed by atoms with Crippen LogP contribution in [-0.2, 0) is 28.6 Å². The lowest BCUT2D eigenvalue weighted by Gasteiger charge is -2.18. The molecule has 0 aromatic rings. The molecule has 0 saturated heterocycles. The van der Waals surface area contributed by atoms with Crippen molar-refractivity contribution in [1.29, 1.82) is 0 Å². The zero-order chi connectivity index (χ0) is 42.6. The van der Waals surface area contributed by atoms with E-state index in [1.54, 1.807) is 0 Å². The number of esters is 3. The van der Waals surface area contributed by atoms with Crippen LogP contribution in [0.15, 0.2) is 0 Å². The Morgan fingerprint density at radius 1 is 0.362 bits per heavy atom. The van der Waals surface area contributed by atoms with Crippen LogP contribution in [0.1, 0.15) is 285 Å². The molecule has 0 aromatic carbocycles. The maximum absolute atomic E-state index is 12.7. The summed E-state index contributed by atoms with van der Waals surface area (Å²) in [6, 6.07) is 0. The first-order valence-electron chi connectivity index (χ1n) is 25.8. The van der Waals surface area contributed by atoms with Crippen LogP contribution in [0.4, 0.5) is 0 Å². The number of hydrogen-bond acceptors (Lipinski definition) is 6. The van der Waals surface area contributed by atoms with Crippen molar-refractivity contribution < 1.29 is 28.6 Å². The predicted octanol–water partition coefficient (Wildman–Crippen LogP) is 16.5. The maximum atomic E-state index is 12.7. The minimum Gasteiger partial charge on any atom is -0.462 e. The molecule has 0 aliphatic heterocycles. The molecule has 6 heteroatoms. The number of carbonyl (C=O) groups excluding carboxylic acids is 3. The van der Waals surface area contributed by atoms with E-state index in [0.29, 0.717) is 19.3 Å². The lowest BCUT2D eigenvalue weighted by molar-refractivity contribution is -0.167. The van der Waals surface area contributed by atoms with Crippen molar-refractivity contribution in [3.63, 3.8) is 0 Å². The molecule has 2 atom stereocenters. The highest BCUT2D eigenvalue weighted by molar-refractivity contribution is 5.71. The number of unbranched alkanes of at least 4 members (excludes halogenated alkanes) is 30. The second kappa shape index (κ2) is 44.9. The highest BCUT2D eigenvalue weighted by Crippen LogP contribution is 2.18. The van der Waals surface area contributed by atoms with Gasteiger partial charge in [-0.05, 0) is 31.1 Å². The van der Waals surface area contributed by atoms with Gasteiger partial charge in [0.2, 0.25) is 0 Å². The fourth-order valence-electron chi connectivity index (χ4n) is 7.78. The lowest BCUT2D eigenvalue weighted by atomic mass is 9.99. The molecule has 0 aromatic heterocycles. The van der Waals surface area contributed by atoms with Crippen molar-refractivity contribution in [1.82, 2.24) is 0 Å². The highest BCUT2D eigenvalue weighted by atomic mass is 16.6. The Hall–Kier alpha value is -1.59. The van der Waals surface area contributed by atoms with Gasteiger partial charge in [0.25, 0.3) is 0 Å². The first-order chi connectivity index (χ1) is 28.3. The molecule has 1 unspecified atom stereocenters. The van der Waals surface area contributed by atoms with Crippen LogP contribution < -0.4 is 0 Å². The second-order valence-corrected chi connectivity index (χ2v) is 18.5. The van der Waals surface area contributed by atoms with Crippen molar-refractivity contribution in [3.05, 3.63) is 0 Å². The molecule has 0 fully saturated rings. The van der Waals surface area contributed by atoms with E-state index in [4.69, 9.17) is 14.2 Å². The van der Waals surface area contributed by atoms with Gasteiger partial charge in [0.1, 0.15) is 13.2 Å². The number of carbonyl (C=O) groups is 3. The van der Waals surface area contributed by atoms with Crippen molar-refractivity contribution >= 4 is 17.9 Å². The van der Waals surface area contributed by atoms with Gasteiger partial charge >= 0.3 is 17.9 Å². The fourth-order valence-corrected chi connectivity index (χ4v) is 7.78. The van der Waals surface area contributed by atoms with E-state index in [2.05, 4.69) is 34.6 Å². The second-order valence-electron chi connectivity index (χ2n) is 18.5. The summed E-state index contributed by atoms with van der Waals surface area (Å²) in [6.07, 6.45) is 45.2. The van der Waals surface area contributed by atoms with Crippen LogP contribution in [0.2, 0.25) is 0 Å². The lowest BCUT2D eigenvalue weighted by Crippen LogP contribution is -2.30. The summed E-state index contributed by atoms with van der Waals surface area (Å²) in [5, 5.41) is 0. The van der Waals surface area contributed by atoms with Gasteiger partial charge in [-0.2, -0.15) is 0 Å². The van der Waals surface area contributed by atoms with Crippen LogP contribution >= 0.6 is 0 Å². The third-order valence-electron chi connectivity index (χ3n) is 12.1. The summed E-state index contributed by atoms with van der Waals surface area (Å²) in [7, 11) is 0. The molecule has 0 spiro atoms. The standard InChI is InChI=1S/C52H100O6/c1-6-8-9-10-25-32-37-42-50(53)56-45-49(58-52(55)44-39-34-29-24-20-16-15-17-21-26-30-35-40-47(3)4)46-57-51(54)43-38-33-28-23-19-14-12-11-13-18-22-27-31-36-41-48(5)7-2/h47-49H,6-46H2,1-5H3/t48?,49-/m1/s1. The van der Waals surface area contributed by atoms with E-state index >= 15 is 0 Å². The van der Waals surface area contributed by atoms with Crippen molar-refractivity contribution in [3.8, 4) is 0 Å². The molecule has 0 aliphatic carbocycles. The molecule has 58 heavy (non-hydrogen) atoms. The minimum atomic E-state index is -0.760. The van der Waals surface area contributed by atoms with E-state index < -0.39 is 6.10 Å². The summed E-state index contributed by atoms with van der Waals surface area (Å²) >= 11 is 0. The molecule has 0 saturated carbocycles. The average Bonchev–Trinajstić information content (AvgIpc) is 3.21. The smallest absolute Gasteiger partial charge is 0.306 e. The van der Waals surface area contributed by atoms with Crippen molar-refractivity contribution in [2.75, 3.05) is 13.2 Å². The summed E-state index contributed by atoms with van der Waals surface area (Å²) in [4.78, 5) is 37.8. The molecule has 0 radical (unpaired) electrons. The molecular formula is C52H100O6. The largest absolute Gasteiger partial charge is 0.462 e.